The monoisotopic (exact) mass is 290 g/mol. The van der Waals surface area contributed by atoms with Gasteiger partial charge in [0.1, 0.15) is 5.82 Å². The topological polar surface area (TPSA) is 23.6 Å². The quantitative estimate of drug-likeness (QED) is 0.854. The van der Waals surface area contributed by atoms with Gasteiger partial charge in [-0.2, -0.15) is 0 Å². The second-order valence-corrected chi connectivity index (χ2v) is 6.59. The van der Waals surface area contributed by atoms with E-state index in [2.05, 4.69) is 18.7 Å². The average Bonchev–Trinajstić information content (AvgIpc) is 2.44. The Morgan fingerprint density at radius 3 is 2.90 bits per heavy atom. The lowest BCUT2D eigenvalue weighted by atomic mass is 9.85. The predicted octanol–water partition coefficient (Wildman–Crippen LogP) is 2.66. The zero-order valence-electron chi connectivity index (χ0n) is 12.8. The fourth-order valence-electron chi connectivity index (χ4n) is 3.69. The summed E-state index contributed by atoms with van der Waals surface area (Å²) < 4.78 is 13.3. The van der Waals surface area contributed by atoms with Crippen LogP contribution in [0.25, 0.3) is 0 Å². The third-order valence-electron chi connectivity index (χ3n) is 4.75. The van der Waals surface area contributed by atoms with Crippen molar-refractivity contribution < 1.29 is 9.18 Å². The molecule has 2 bridgehead atoms. The molecule has 1 aromatic rings. The van der Waals surface area contributed by atoms with Crippen molar-refractivity contribution in [1.29, 1.82) is 0 Å². The number of hydrogen-bond donors (Lipinski definition) is 0. The first-order valence-electron chi connectivity index (χ1n) is 7.83. The van der Waals surface area contributed by atoms with Gasteiger partial charge in [0.2, 0.25) is 5.91 Å². The molecule has 2 aliphatic rings. The molecule has 0 aromatic heterocycles. The van der Waals surface area contributed by atoms with E-state index in [4.69, 9.17) is 0 Å². The Bertz CT molecular complexity index is 531. The van der Waals surface area contributed by atoms with E-state index in [1.54, 1.807) is 6.07 Å². The van der Waals surface area contributed by atoms with Crippen LogP contribution in [0, 0.1) is 11.7 Å². The number of rotatable bonds is 3. The zero-order valence-corrected chi connectivity index (χ0v) is 12.8. The first kappa shape index (κ1) is 14.5. The van der Waals surface area contributed by atoms with Crippen LogP contribution in [-0.2, 0) is 11.3 Å². The molecule has 2 fully saturated rings. The number of fused-ring (bicyclic) bond motifs is 2. The lowest BCUT2D eigenvalue weighted by molar-refractivity contribution is -0.147. The summed E-state index contributed by atoms with van der Waals surface area (Å²) >= 11 is 0. The molecule has 2 aliphatic heterocycles. The molecule has 0 saturated carbocycles. The smallest absolute Gasteiger partial charge is 0.240 e. The van der Waals surface area contributed by atoms with Crippen LogP contribution in [0.5, 0.6) is 0 Å². The van der Waals surface area contributed by atoms with Crippen LogP contribution in [0.4, 0.5) is 4.39 Å². The van der Waals surface area contributed by atoms with E-state index in [1.165, 1.54) is 12.1 Å². The van der Waals surface area contributed by atoms with Crippen molar-refractivity contribution in [3.8, 4) is 0 Å². The molecule has 3 rings (SSSR count). The standard InChI is InChI=1S/C17H23FN2O/c1-12(2)20-7-6-14-9-16(20)17(21)19(11-14)10-13-4-3-5-15(18)8-13/h3-5,8,12,14,16H,6-7,9-11H2,1-2H3/t14-,16+/m0/s1. The van der Waals surface area contributed by atoms with E-state index >= 15 is 0 Å². The number of piperidine rings is 2. The van der Waals surface area contributed by atoms with Crippen molar-refractivity contribution >= 4 is 5.91 Å². The van der Waals surface area contributed by atoms with Crippen molar-refractivity contribution in [3.05, 3.63) is 35.6 Å². The molecule has 1 aromatic carbocycles. The number of halogens is 1. The van der Waals surface area contributed by atoms with Crippen LogP contribution in [-0.4, -0.2) is 40.9 Å². The molecular formula is C17H23FN2O. The molecule has 0 N–H and O–H groups in total. The molecule has 4 heteroatoms. The minimum atomic E-state index is -0.235. The summed E-state index contributed by atoms with van der Waals surface area (Å²) in [6.07, 6.45) is 2.14. The summed E-state index contributed by atoms with van der Waals surface area (Å²) in [7, 11) is 0. The first-order chi connectivity index (χ1) is 10.0. The lowest BCUT2D eigenvalue weighted by Crippen LogP contribution is -2.60. The second kappa shape index (κ2) is 5.76. The van der Waals surface area contributed by atoms with Crippen molar-refractivity contribution in [3.63, 3.8) is 0 Å². The molecule has 1 amide bonds. The van der Waals surface area contributed by atoms with Crippen molar-refractivity contribution in [2.45, 2.75) is 45.3 Å². The van der Waals surface area contributed by atoms with E-state index in [9.17, 15) is 9.18 Å². The summed E-state index contributed by atoms with van der Waals surface area (Å²) in [6, 6.07) is 6.98. The van der Waals surface area contributed by atoms with Gasteiger partial charge in [0.05, 0.1) is 6.04 Å². The van der Waals surface area contributed by atoms with Gasteiger partial charge in [0.15, 0.2) is 0 Å². The average molecular weight is 290 g/mol. The van der Waals surface area contributed by atoms with Gasteiger partial charge in [0.25, 0.3) is 0 Å². The molecular weight excluding hydrogens is 267 g/mol. The Morgan fingerprint density at radius 2 is 2.19 bits per heavy atom. The van der Waals surface area contributed by atoms with Gasteiger partial charge in [-0.05, 0) is 56.8 Å². The summed E-state index contributed by atoms with van der Waals surface area (Å²) in [5.41, 5.74) is 0.874. The number of nitrogens with zero attached hydrogens (tertiary/aromatic N) is 2. The number of benzene rings is 1. The van der Waals surface area contributed by atoms with Crippen molar-refractivity contribution in [1.82, 2.24) is 9.80 Å². The SMILES string of the molecule is CC(C)N1CC[C@H]2C[C@@H]1C(=O)N(Cc1cccc(F)c1)C2. The second-order valence-electron chi connectivity index (χ2n) is 6.59. The van der Waals surface area contributed by atoms with E-state index in [-0.39, 0.29) is 17.8 Å². The number of carbonyl (C=O) groups is 1. The highest BCUT2D eigenvalue weighted by Gasteiger charge is 2.41. The minimum absolute atomic E-state index is 0.0195. The summed E-state index contributed by atoms with van der Waals surface area (Å²) in [5, 5.41) is 0. The molecule has 2 atom stereocenters. The number of likely N-dealkylation sites (tertiary alicyclic amines) is 2. The van der Waals surface area contributed by atoms with Gasteiger partial charge in [-0.15, -0.1) is 0 Å². The predicted molar refractivity (Wildman–Crippen MR) is 80.2 cm³/mol. The van der Waals surface area contributed by atoms with E-state index in [0.717, 1.165) is 31.5 Å². The summed E-state index contributed by atoms with van der Waals surface area (Å²) in [6.45, 7) is 6.66. The van der Waals surface area contributed by atoms with E-state index in [1.807, 2.05) is 11.0 Å². The van der Waals surface area contributed by atoms with Crippen LogP contribution in [0.1, 0.15) is 32.3 Å². The van der Waals surface area contributed by atoms with E-state index < -0.39 is 0 Å². The Balaban J connectivity index is 1.76. The third-order valence-corrected chi connectivity index (χ3v) is 4.75. The van der Waals surface area contributed by atoms with Crippen LogP contribution < -0.4 is 0 Å². The largest absolute Gasteiger partial charge is 0.337 e. The minimum Gasteiger partial charge on any atom is -0.337 e. The van der Waals surface area contributed by atoms with Gasteiger partial charge < -0.3 is 4.90 Å². The maximum Gasteiger partial charge on any atom is 0.240 e. The molecule has 3 nitrogen and oxygen atoms in total. The van der Waals surface area contributed by atoms with Crippen molar-refractivity contribution in [2.24, 2.45) is 5.92 Å². The third kappa shape index (κ3) is 2.95. The number of carbonyl (C=O) groups excluding carboxylic acids is 1. The molecule has 0 unspecified atom stereocenters. The molecule has 2 saturated heterocycles. The lowest BCUT2D eigenvalue weighted by Gasteiger charge is -2.48. The zero-order chi connectivity index (χ0) is 15.0. The Morgan fingerprint density at radius 1 is 1.38 bits per heavy atom. The maximum atomic E-state index is 13.3. The highest BCUT2D eigenvalue weighted by atomic mass is 19.1. The number of amides is 1. The Kier molecular flexibility index (Phi) is 3.98. The highest BCUT2D eigenvalue weighted by molar-refractivity contribution is 5.83. The molecule has 2 heterocycles. The molecule has 0 aliphatic carbocycles. The highest BCUT2D eigenvalue weighted by Crippen LogP contribution is 2.31. The van der Waals surface area contributed by atoms with Gasteiger partial charge in [0, 0.05) is 19.1 Å². The molecule has 0 radical (unpaired) electrons. The first-order valence-corrected chi connectivity index (χ1v) is 7.83. The van der Waals surface area contributed by atoms with Crippen LogP contribution in [0.3, 0.4) is 0 Å². The molecule has 114 valence electrons. The van der Waals surface area contributed by atoms with Crippen molar-refractivity contribution in [2.75, 3.05) is 13.1 Å². The van der Waals surface area contributed by atoms with Crippen LogP contribution in [0.15, 0.2) is 24.3 Å². The van der Waals surface area contributed by atoms with Crippen LogP contribution >= 0.6 is 0 Å². The normalized spacial score (nSPS) is 26.5. The maximum absolute atomic E-state index is 13.3. The number of hydrogen-bond acceptors (Lipinski definition) is 2. The Labute approximate surface area is 125 Å². The summed E-state index contributed by atoms with van der Waals surface area (Å²) in [5.74, 6) is 0.570. The fourth-order valence-corrected chi connectivity index (χ4v) is 3.69. The molecule has 0 spiro atoms. The van der Waals surface area contributed by atoms with Gasteiger partial charge in [-0.25, -0.2) is 4.39 Å². The van der Waals surface area contributed by atoms with E-state index in [0.29, 0.717) is 18.5 Å². The molecule has 21 heavy (non-hydrogen) atoms. The van der Waals surface area contributed by atoms with Gasteiger partial charge in [-0.3, -0.25) is 9.69 Å². The summed E-state index contributed by atoms with van der Waals surface area (Å²) in [4.78, 5) is 17.0. The Hall–Kier alpha value is -1.42. The fraction of sp³-hybridized carbons (Fsp3) is 0.588. The van der Waals surface area contributed by atoms with Gasteiger partial charge >= 0.3 is 0 Å². The van der Waals surface area contributed by atoms with Crippen LogP contribution in [0.2, 0.25) is 0 Å². The van der Waals surface area contributed by atoms with Gasteiger partial charge in [-0.1, -0.05) is 12.1 Å².